The Balaban J connectivity index is 0.971. The second-order valence-corrected chi connectivity index (χ2v) is 25.8. The highest BCUT2D eigenvalue weighted by Gasteiger charge is 2.27. The van der Waals surface area contributed by atoms with Crippen molar-refractivity contribution >= 4 is 129 Å². The Morgan fingerprint density at radius 3 is 1.27 bits per heavy atom. The first-order chi connectivity index (χ1) is 43.6. The zero-order valence-corrected chi connectivity index (χ0v) is 50.3. The van der Waals surface area contributed by atoms with Crippen molar-refractivity contribution < 1.29 is 9.47 Å². The lowest BCUT2D eigenvalue weighted by molar-refractivity contribution is 0.415. The molecule has 0 amide bonds. The molecular formula is C87H60O2. The van der Waals surface area contributed by atoms with E-state index in [2.05, 4.69) is 282 Å². The third-order valence-corrected chi connectivity index (χ3v) is 19.7. The van der Waals surface area contributed by atoms with Crippen molar-refractivity contribution in [2.75, 3.05) is 14.2 Å². The van der Waals surface area contributed by atoms with Gasteiger partial charge in [-0.25, -0.2) is 0 Å². The van der Waals surface area contributed by atoms with Crippen molar-refractivity contribution in [3.63, 3.8) is 0 Å². The van der Waals surface area contributed by atoms with Crippen LogP contribution in [0.5, 0.6) is 11.5 Å². The number of methoxy groups -OCH3 is 2. The van der Waals surface area contributed by atoms with Crippen LogP contribution < -0.4 is 9.47 Å². The molecule has 0 heterocycles. The maximum atomic E-state index is 5.79. The van der Waals surface area contributed by atoms with E-state index in [1.165, 1.54) is 179 Å². The Morgan fingerprint density at radius 1 is 0.258 bits per heavy atom. The van der Waals surface area contributed by atoms with Crippen molar-refractivity contribution in [2.45, 2.75) is 32.6 Å². The normalized spacial score (nSPS) is 12.4. The van der Waals surface area contributed by atoms with Gasteiger partial charge in [-0.15, -0.1) is 0 Å². The molecule has 0 aromatic heterocycles. The molecule has 0 N–H and O–H groups in total. The van der Waals surface area contributed by atoms with Gasteiger partial charge in [-0.2, -0.15) is 0 Å². The predicted molar refractivity (Wildman–Crippen MR) is 382 cm³/mol. The van der Waals surface area contributed by atoms with Gasteiger partial charge < -0.3 is 9.47 Å². The van der Waals surface area contributed by atoms with E-state index in [0.717, 1.165) is 22.6 Å². The summed E-state index contributed by atoms with van der Waals surface area (Å²) in [5.74, 6) is 1.67. The highest BCUT2D eigenvalue weighted by atomic mass is 16.5. The van der Waals surface area contributed by atoms with E-state index in [9.17, 15) is 0 Å². The third kappa shape index (κ3) is 7.96. The lowest BCUT2D eigenvalue weighted by Gasteiger charge is -2.25. The van der Waals surface area contributed by atoms with Crippen LogP contribution in [0.2, 0.25) is 0 Å². The van der Waals surface area contributed by atoms with Gasteiger partial charge in [0.05, 0.1) is 14.2 Å². The quantitative estimate of drug-likeness (QED) is 0.112. The maximum absolute atomic E-state index is 5.79. The number of ether oxygens (including phenoxy) is 2. The van der Waals surface area contributed by atoms with Crippen LogP contribution in [0.4, 0.5) is 0 Å². The predicted octanol–water partition coefficient (Wildman–Crippen LogP) is 24.0. The van der Waals surface area contributed by atoms with Gasteiger partial charge in [0.2, 0.25) is 0 Å². The van der Waals surface area contributed by atoms with E-state index in [0.29, 0.717) is 6.42 Å². The van der Waals surface area contributed by atoms with Crippen molar-refractivity contribution in [3.05, 3.63) is 278 Å². The number of fused-ring (bicyclic) bond motifs is 10. The molecule has 0 saturated heterocycles. The molecule has 0 unspecified atom stereocenters. The van der Waals surface area contributed by atoms with Crippen molar-refractivity contribution in [3.8, 4) is 56.0 Å². The molecule has 18 rings (SSSR count). The van der Waals surface area contributed by atoms with E-state index in [1.54, 1.807) is 14.2 Å². The van der Waals surface area contributed by atoms with E-state index >= 15 is 0 Å². The molecule has 0 saturated carbocycles. The average molecular weight is 1140 g/mol. The van der Waals surface area contributed by atoms with Crippen molar-refractivity contribution in [2.24, 2.45) is 0 Å². The molecule has 0 aliphatic rings. The van der Waals surface area contributed by atoms with Crippen LogP contribution in [0.3, 0.4) is 0 Å². The molecule has 0 aliphatic carbocycles. The number of benzene rings is 18. The van der Waals surface area contributed by atoms with Crippen LogP contribution in [-0.2, 0) is 11.8 Å². The average Bonchev–Trinajstić information content (AvgIpc) is 0.717. The first-order valence-electron chi connectivity index (χ1n) is 31.1. The summed E-state index contributed by atoms with van der Waals surface area (Å²) in [5, 5.41) is 30.3. The second-order valence-electron chi connectivity index (χ2n) is 25.8. The monoisotopic (exact) mass is 1140 g/mol. The smallest absolute Gasteiger partial charge is 0.118 e. The first kappa shape index (κ1) is 51.4. The molecular weight excluding hydrogens is 1080 g/mol. The second kappa shape index (κ2) is 19.4. The number of hydrogen-bond donors (Lipinski definition) is 0. The minimum Gasteiger partial charge on any atom is -0.497 e. The van der Waals surface area contributed by atoms with E-state index in [4.69, 9.17) is 9.47 Å². The zero-order chi connectivity index (χ0) is 59.4. The largest absolute Gasteiger partial charge is 0.497 e. The Kier molecular flexibility index (Phi) is 11.2. The number of hydrogen-bond acceptors (Lipinski definition) is 2. The van der Waals surface area contributed by atoms with E-state index < -0.39 is 0 Å². The summed E-state index contributed by atoms with van der Waals surface area (Å²) in [6.45, 7) is 7.04. The molecule has 0 bridgehead atoms. The fraction of sp³-hybridized carbons (Fsp3) is 0.0805. The Labute approximate surface area is 516 Å². The van der Waals surface area contributed by atoms with Gasteiger partial charge in [0.15, 0.2) is 0 Å². The third-order valence-electron chi connectivity index (χ3n) is 19.7. The molecule has 0 radical (unpaired) electrons. The maximum Gasteiger partial charge on any atom is 0.118 e. The zero-order valence-electron chi connectivity index (χ0n) is 50.3. The molecule has 2 heteroatoms. The standard InChI is InChI=1S/C87H60O2/c1-87(2,3)67-42-65-46-73(59-25-22-51-14-6-8-17-56(51)39-59)78-49-76-62(41-58-19-11-13-21-71(58)82(76)84-75(48-66(43-67)80(65)86(78)84)60-26-23-52-15-7-9-18-57(52)40-60)36-50-37-63-45-72(54-28-32-68(88-4)33-29-54)77-44-61-27-24-53-16-10-12-20-70(53)81(61)83-74(47-64(38-50)79(63)85(77)83)55-30-34-69(89-5)35-31-55/h6-35,37-49H,36H2,1-5H3. The lowest BCUT2D eigenvalue weighted by Crippen LogP contribution is -2.11. The number of rotatable bonds is 8. The Hall–Kier alpha value is -10.8. The summed E-state index contributed by atoms with van der Waals surface area (Å²) >= 11 is 0. The van der Waals surface area contributed by atoms with Crippen molar-refractivity contribution in [1.29, 1.82) is 0 Å². The molecule has 0 spiro atoms. The fourth-order valence-corrected chi connectivity index (χ4v) is 15.5. The van der Waals surface area contributed by atoms with Crippen LogP contribution in [0.25, 0.3) is 174 Å². The van der Waals surface area contributed by atoms with Gasteiger partial charge in [0.1, 0.15) is 11.5 Å². The lowest BCUT2D eigenvalue weighted by atomic mass is 9.78. The molecule has 2 nitrogen and oxygen atoms in total. The first-order valence-corrected chi connectivity index (χ1v) is 31.1. The summed E-state index contributed by atoms with van der Waals surface area (Å²) in [6, 6.07) is 99.3. The van der Waals surface area contributed by atoms with Gasteiger partial charge >= 0.3 is 0 Å². The highest BCUT2D eigenvalue weighted by Crippen LogP contribution is 2.53. The Morgan fingerprint density at radius 2 is 0.685 bits per heavy atom. The summed E-state index contributed by atoms with van der Waals surface area (Å²) < 4.78 is 11.5. The minimum absolute atomic E-state index is 0.0708. The molecule has 18 aromatic rings. The molecule has 0 aliphatic heterocycles. The fourth-order valence-electron chi connectivity index (χ4n) is 15.5. The molecule has 18 aromatic carbocycles. The highest BCUT2D eigenvalue weighted by molar-refractivity contribution is 6.40. The van der Waals surface area contributed by atoms with Gasteiger partial charge in [0.25, 0.3) is 0 Å². The molecule has 420 valence electrons. The summed E-state index contributed by atoms with van der Waals surface area (Å²) in [7, 11) is 3.49. The minimum atomic E-state index is -0.0708. The van der Waals surface area contributed by atoms with E-state index in [1.807, 2.05) is 0 Å². The van der Waals surface area contributed by atoms with Crippen molar-refractivity contribution in [1.82, 2.24) is 0 Å². The Bertz CT molecular complexity index is 5940. The SMILES string of the molecule is COc1ccc(-c2cc3cc(Cc4cc5ccccc5c5c4cc4c(-c6ccc7ccccc7c6)cc6cc(C(C)(C)C)cc7cc(-c8ccc9ccccc9c8)c5c4c67)cc4cc(-c5ccc(OC)cc5)c5c6c(ccc7ccccc76)cc2c5c34)cc1. The molecule has 0 atom stereocenters. The van der Waals surface area contributed by atoms with Crippen LogP contribution in [0, 0.1) is 0 Å². The van der Waals surface area contributed by atoms with Gasteiger partial charge in [-0.3, -0.25) is 0 Å². The summed E-state index contributed by atoms with van der Waals surface area (Å²) in [5.41, 5.74) is 13.5. The van der Waals surface area contributed by atoms with Gasteiger partial charge in [-0.1, -0.05) is 209 Å². The molecule has 0 fully saturated rings. The van der Waals surface area contributed by atoms with E-state index in [-0.39, 0.29) is 5.41 Å². The van der Waals surface area contributed by atoms with Gasteiger partial charge in [0, 0.05) is 0 Å². The summed E-state index contributed by atoms with van der Waals surface area (Å²) in [4.78, 5) is 0. The van der Waals surface area contributed by atoms with Gasteiger partial charge in [-0.05, 0) is 275 Å². The molecule has 89 heavy (non-hydrogen) atoms. The summed E-state index contributed by atoms with van der Waals surface area (Å²) in [6.07, 6.45) is 0.708. The van der Waals surface area contributed by atoms with Crippen LogP contribution in [0.1, 0.15) is 37.5 Å². The van der Waals surface area contributed by atoms with Crippen LogP contribution in [0.15, 0.2) is 261 Å². The topological polar surface area (TPSA) is 18.5 Å². The van der Waals surface area contributed by atoms with Crippen LogP contribution >= 0.6 is 0 Å². The van der Waals surface area contributed by atoms with Crippen LogP contribution in [-0.4, -0.2) is 14.2 Å².